The third kappa shape index (κ3) is 3.63. The summed E-state index contributed by atoms with van der Waals surface area (Å²) in [5, 5.41) is 10.6. The summed E-state index contributed by atoms with van der Waals surface area (Å²) in [5.74, 6) is 0.485. The molecule has 0 aromatic heterocycles. The van der Waals surface area contributed by atoms with E-state index in [2.05, 4.69) is 0 Å². The number of nitrogens with zero attached hydrogens (tertiary/aromatic N) is 1. The molecule has 1 aromatic rings. The second-order valence-corrected chi connectivity index (χ2v) is 3.87. The number of benzene rings is 1. The largest absolute Gasteiger partial charge is 0.491 e. The number of nitro benzene ring substituents is 1. The molecule has 0 N–H and O–H groups in total. The first-order chi connectivity index (χ1) is 7.15. The standard InChI is InChI=1S/C9H10INO4/c1-14-4-5-15-7-2-3-8(10)9(6-7)11(12)13/h2-3,6H,4-5H2,1H3. The molecule has 6 heteroatoms. The van der Waals surface area contributed by atoms with E-state index in [1.54, 1.807) is 19.2 Å². The van der Waals surface area contributed by atoms with E-state index >= 15 is 0 Å². The lowest BCUT2D eigenvalue weighted by atomic mass is 10.3. The van der Waals surface area contributed by atoms with E-state index in [-0.39, 0.29) is 5.69 Å². The summed E-state index contributed by atoms with van der Waals surface area (Å²) < 4.78 is 10.7. The van der Waals surface area contributed by atoms with Crippen molar-refractivity contribution >= 4 is 28.3 Å². The van der Waals surface area contributed by atoms with Gasteiger partial charge < -0.3 is 9.47 Å². The Morgan fingerprint density at radius 2 is 2.20 bits per heavy atom. The average Bonchev–Trinajstić information content (AvgIpc) is 2.20. The van der Waals surface area contributed by atoms with Crippen molar-refractivity contribution in [2.75, 3.05) is 20.3 Å². The van der Waals surface area contributed by atoms with E-state index in [1.807, 2.05) is 22.6 Å². The first-order valence-corrected chi connectivity index (χ1v) is 5.28. The van der Waals surface area contributed by atoms with Crippen molar-refractivity contribution in [3.05, 3.63) is 31.9 Å². The van der Waals surface area contributed by atoms with Gasteiger partial charge in [0.15, 0.2) is 0 Å². The molecule has 15 heavy (non-hydrogen) atoms. The molecule has 0 fully saturated rings. The van der Waals surface area contributed by atoms with E-state index in [0.717, 1.165) is 0 Å². The average molecular weight is 323 g/mol. The fourth-order valence-electron chi connectivity index (χ4n) is 0.965. The van der Waals surface area contributed by atoms with Crippen LogP contribution < -0.4 is 4.74 Å². The van der Waals surface area contributed by atoms with Crippen LogP contribution in [0.15, 0.2) is 18.2 Å². The Morgan fingerprint density at radius 1 is 1.47 bits per heavy atom. The lowest BCUT2D eigenvalue weighted by Crippen LogP contribution is -2.04. The number of hydrogen-bond donors (Lipinski definition) is 0. The topological polar surface area (TPSA) is 61.6 Å². The van der Waals surface area contributed by atoms with Gasteiger partial charge in [0.25, 0.3) is 5.69 Å². The Hall–Kier alpha value is -0.890. The number of rotatable bonds is 5. The Balaban J connectivity index is 2.74. The van der Waals surface area contributed by atoms with Crippen LogP contribution in [0.25, 0.3) is 0 Å². The van der Waals surface area contributed by atoms with Crippen LogP contribution in [-0.2, 0) is 4.74 Å². The first kappa shape index (κ1) is 12.2. The zero-order chi connectivity index (χ0) is 11.3. The van der Waals surface area contributed by atoms with Crippen LogP contribution in [0, 0.1) is 13.7 Å². The molecule has 1 aromatic carbocycles. The van der Waals surface area contributed by atoms with Crippen molar-refractivity contribution in [1.82, 2.24) is 0 Å². The summed E-state index contributed by atoms with van der Waals surface area (Å²) in [5.41, 5.74) is 0.0607. The van der Waals surface area contributed by atoms with E-state index in [9.17, 15) is 10.1 Å². The van der Waals surface area contributed by atoms with Crippen LogP contribution in [0.3, 0.4) is 0 Å². The smallest absolute Gasteiger partial charge is 0.286 e. The van der Waals surface area contributed by atoms with Crippen molar-refractivity contribution < 1.29 is 14.4 Å². The molecule has 0 saturated heterocycles. The van der Waals surface area contributed by atoms with Gasteiger partial charge in [-0.05, 0) is 34.7 Å². The second kappa shape index (κ2) is 5.86. The Labute approximate surface area is 101 Å². The van der Waals surface area contributed by atoms with Crippen LogP contribution in [-0.4, -0.2) is 25.2 Å². The SMILES string of the molecule is COCCOc1ccc(I)c([N+](=O)[O-])c1. The monoisotopic (exact) mass is 323 g/mol. The number of methoxy groups -OCH3 is 1. The number of nitro groups is 1. The molecule has 0 aliphatic heterocycles. The molecule has 0 heterocycles. The molecule has 0 aliphatic rings. The van der Waals surface area contributed by atoms with Crippen molar-refractivity contribution in [3.8, 4) is 5.75 Å². The highest BCUT2D eigenvalue weighted by Crippen LogP contribution is 2.25. The molecule has 1 rings (SSSR count). The summed E-state index contributed by atoms with van der Waals surface area (Å²) in [4.78, 5) is 10.2. The predicted octanol–water partition coefficient (Wildman–Crippen LogP) is 2.22. The van der Waals surface area contributed by atoms with Crippen LogP contribution in [0.2, 0.25) is 0 Å². The summed E-state index contributed by atoms with van der Waals surface area (Å²) in [7, 11) is 1.57. The third-order valence-corrected chi connectivity index (χ3v) is 2.58. The molecule has 0 unspecified atom stereocenters. The van der Waals surface area contributed by atoms with Gasteiger partial charge in [0.05, 0.1) is 21.2 Å². The minimum atomic E-state index is -0.426. The van der Waals surface area contributed by atoms with Gasteiger partial charge in [-0.3, -0.25) is 10.1 Å². The van der Waals surface area contributed by atoms with Crippen LogP contribution in [0.5, 0.6) is 5.75 Å². The van der Waals surface area contributed by atoms with Gasteiger partial charge >= 0.3 is 0 Å². The zero-order valence-corrected chi connectivity index (χ0v) is 10.3. The van der Waals surface area contributed by atoms with Gasteiger partial charge in [0.1, 0.15) is 12.4 Å². The van der Waals surface area contributed by atoms with E-state index in [0.29, 0.717) is 22.5 Å². The van der Waals surface area contributed by atoms with Crippen molar-refractivity contribution in [2.24, 2.45) is 0 Å². The maximum absolute atomic E-state index is 10.6. The lowest BCUT2D eigenvalue weighted by Gasteiger charge is -2.05. The minimum Gasteiger partial charge on any atom is -0.491 e. The van der Waals surface area contributed by atoms with Gasteiger partial charge in [-0.1, -0.05) is 0 Å². The summed E-state index contributed by atoms with van der Waals surface area (Å²) in [6.45, 7) is 0.841. The molecule has 0 atom stereocenters. The van der Waals surface area contributed by atoms with Crippen LogP contribution >= 0.6 is 22.6 Å². The summed E-state index contributed by atoms with van der Waals surface area (Å²) in [6.07, 6.45) is 0. The molecule has 0 saturated carbocycles. The Bertz CT molecular complexity index is 356. The highest BCUT2D eigenvalue weighted by atomic mass is 127. The maximum Gasteiger partial charge on any atom is 0.286 e. The van der Waals surface area contributed by atoms with Crippen molar-refractivity contribution in [1.29, 1.82) is 0 Å². The molecule has 0 spiro atoms. The summed E-state index contributed by atoms with van der Waals surface area (Å²) >= 11 is 1.92. The first-order valence-electron chi connectivity index (χ1n) is 4.21. The fourth-order valence-corrected chi connectivity index (χ4v) is 1.50. The molecular weight excluding hydrogens is 313 g/mol. The van der Waals surface area contributed by atoms with E-state index in [1.165, 1.54) is 6.07 Å². The molecular formula is C9H10INO4. The number of ether oxygens (including phenoxy) is 2. The van der Waals surface area contributed by atoms with Gasteiger partial charge in [0.2, 0.25) is 0 Å². The van der Waals surface area contributed by atoms with Crippen LogP contribution in [0.4, 0.5) is 5.69 Å². The molecule has 0 aliphatic carbocycles. The second-order valence-electron chi connectivity index (χ2n) is 2.71. The fraction of sp³-hybridized carbons (Fsp3) is 0.333. The van der Waals surface area contributed by atoms with Crippen molar-refractivity contribution in [3.63, 3.8) is 0 Å². The predicted molar refractivity (Wildman–Crippen MR) is 63.2 cm³/mol. The normalized spacial score (nSPS) is 10.0. The zero-order valence-electron chi connectivity index (χ0n) is 8.10. The Kier molecular flexibility index (Phi) is 4.76. The number of halogens is 1. The quantitative estimate of drug-likeness (QED) is 0.361. The molecule has 0 radical (unpaired) electrons. The molecule has 5 nitrogen and oxygen atoms in total. The van der Waals surface area contributed by atoms with Gasteiger partial charge in [-0.2, -0.15) is 0 Å². The number of hydrogen-bond acceptors (Lipinski definition) is 4. The molecule has 0 bridgehead atoms. The maximum atomic E-state index is 10.6. The van der Waals surface area contributed by atoms with Crippen LogP contribution in [0.1, 0.15) is 0 Å². The Morgan fingerprint density at radius 3 is 2.80 bits per heavy atom. The third-order valence-electron chi connectivity index (χ3n) is 1.67. The van der Waals surface area contributed by atoms with Gasteiger partial charge in [-0.15, -0.1) is 0 Å². The highest BCUT2D eigenvalue weighted by Gasteiger charge is 2.12. The van der Waals surface area contributed by atoms with Gasteiger partial charge in [-0.25, -0.2) is 0 Å². The highest BCUT2D eigenvalue weighted by molar-refractivity contribution is 14.1. The molecule has 0 amide bonds. The van der Waals surface area contributed by atoms with E-state index in [4.69, 9.17) is 9.47 Å². The van der Waals surface area contributed by atoms with Crippen molar-refractivity contribution in [2.45, 2.75) is 0 Å². The summed E-state index contributed by atoms with van der Waals surface area (Å²) in [6, 6.07) is 4.77. The van der Waals surface area contributed by atoms with Gasteiger partial charge in [0, 0.05) is 7.11 Å². The molecule has 82 valence electrons. The lowest BCUT2D eigenvalue weighted by molar-refractivity contribution is -0.385. The van der Waals surface area contributed by atoms with E-state index < -0.39 is 4.92 Å². The minimum absolute atomic E-state index is 0.0607.